The number of rotatable bonds is 3. The number of aryl methyl sites for hydroxylation is 1. The summed E-state index contributed by atoms with van der Waals surface area (Å²) < 4.78 is 6.24. The lowest BCUT2D eigenvalue weighted by Gasteiger charge is -1.97. The highest BCUT2D eigenvalue weighted by molar-refractivity contribution is 5.90. The summed E-state index contributed by atoms with van der Waals surface area (Å²) in [4.78, 5) is 19.3. The Morgan fingerprint density at radius 1 is 1.62 bits per heavy atom. The van der Waals surface area contributed by atoms with Crippen LogP contribution in [0, 0.1) is 6.92 Å². The number of aromatic nitrogens is 4. The highest BCUT2D eigenvalue weighted by Crippen LogP contribution is 2.04. The molecule has 7 heteroatoms. The van der Waals surface area contributed by atoms with Gasteiger partial charge in [0.1, 0.15) is 6.61 Å². The fraction of sp³-hybridized carbons (Fsp3) is 0.333. The number of nitrogens with zero attached hydrogens (tertiary/aromatic N) is 4. The number of methoxy groups -OCH3 is 1. The minimum atomic E-state index is -0.295. The molecule has 0 atom stereocenters. The molecule has 0 aliphatic heterocycles. The minimum absolute atomic E-state index is 0.0258. The second-order valence-electron chi connectivity index (χ2n) is 3.21. The van der Waals surface area contributed by atoms with Gasteiger partial charge in [0, 0.05) is 19.0 Å². The van der Waals surface area contributed by atoms with Gasteiger partial charge in [-0.15, -0.1) is 5.10 Å². The lowest BCUT2D eigenvalue weighted by Crippen LogP contribution is -2.18. The topological polar surface area (TPSA) is 81.4 Å². The van der Waals surface area contributed by atoms with E-state index in [-0.39, 0.29) is 18.5 Å². The van der Waals surface area contributed by atoms with Crippen molar-refractivity contribution in [2.24, 2.45) is 0 Å². The smallest absolute Gasteiger partial charge is 0.254 e. The second-order valence-corrected chi connectivity index (χ2v) is 3.21. The van der Waals surface area contributed by atoms with Crippen LogP contribution in [0.15, 0.2) is 12.3 Å². The van der Waals surface area contributed by atoms with Gasteiger partial charge in [-0.25, -0.2) is 4.98 Å². The molecule has 0 fully saturated rings. The van der Waals surface area contributed by atoms with Gasteiger partial charge in [-0.1, -0.05) is 0 Å². The molecule has 0 aromatic carbocycles. The van der Waals surface area contributed by atoms with Crippen LogP contribution >= 0.6 is 0 Å². The summed E-state index contributed by atoms with van der Waals surface area (Å²) in [6.45, 7) is 1.85. The average molecular weight is 221 g/mol. The molecule has 0 aliphatic carbocycles. The van der Waals surface area contributed by atoms with Crippen molar-refractivity contribution in [3.8, 4) is 0 Å². The van der Waals surface area contributed by atoms with Crippen molar-refractivity contribution in [3.05, 3.63) is 18.0 Å². The molecule has 0 aliphatic rings. The first-order chi connectivity index (χ1) is 7.70. The molecular weight excluding hydrogens is 210 g/mol. The summed E-state index contributed by atoms with van der Waals surface area (Å²) >= 11 is 0. The van der Waals surface area contributed by atoms with E-state index in [2.05, 4.69) is 25.1 Å². The number of ether oxygens (including phenoxy) is 1. The summed E-state index contributed by atoms with van der Waals surface area (Å²) in [5, 5.41) is 6.60. The number of amides is 1. The highest BCUT2D eigenvalue weighted by Gasteiger charge is 2.08. The Bertz CT molecular complexity index is 522. The van der Waals surface area contributed by atoms with Crippen LogP contribution in [0.25, 0.3) is 5.78 Å². The van der Waals surface area contributed by atoms with Crippen molar-refractivity contribution in [2.75, 3.05) is 19.0 Å². The van der Waals surface area contributed by atoms with Gasteiger partial charge in [0.15, 0.2) is 0 Å². The van der Waals surface area contributed by atoms with Crippen molar-refractivity contribution in [1.29, 1.82) is 0 Å². The van der Waals surface area contributed by atoms with E-state index in [1.54, 1.807) is 10.7 Å². The van der Waals surface area contributed by atoms with E-state index in [4.69, 9.17) is 0 Å². The molecule has 2 rings (SSSR count). The van der Waals surface area contributed by atoms with Crippen LogP contribution in [0.2, 0.25) is 0 Å². The Labute approximate surface area is 91.5 Å². The SMILES string of the molecule is COCC(=O)Nc1nc2nccc(C)n2n1. The molecule has 0 saturated heterocycles. The molecule has 16 heavy (non-hydrogen) atoms. The summed E-state index contributed by atoms with van der Waals surface area (Å²) in [5.74, 6) is 0.382. The lowest BCUT2D eigenvalue weighted by molar-refractivity contribution is -0.119. The Hall–Kier alpha value is -2.02. The monoisotopic (exact) mass is 221 g/mol. The summed E-state index contributed by atoms with van der Waals surface area (Å²) in [5.41, 5.74) is 0.893. The largest absolute Gasteiger partial charge is 0.375 e. The molecule has 2 aromatic rings. The normalized spacial score (nSPS) is 10.6. The molecule has 0 radical (unpaired) electrons. The van der Waals surface area contributed by atoms with Crippen LogP contribution < -0.4 is 5.32 Å². The Kier molecular flexibility index (Phi) is 2.78. The van der Waals surface area contributed by atoms with E-state index in [1.807, 2.05) is 13.0 Å². The summed E-state index contributed by atoms with van der Waals surface area (Å²) in [6.07, 6.45) is 1.64. The van der Waals surface area contributed by atoms with Crippen LogP contribution in [-0.4, -0.2) is 39.2 Å². The summed E-state index contributed by atoms with van der Waals surface area (Å²) in [7, 11) is 1.45. The van der Waals surface area contributed by atoms with Crippen LogP contribution in [0.4, 0.5) is 5.95 Å². The van der Waals surface area contributed by atoms with E-state index in [0.717, 1.165) is 5.69 Å². The first kappa shape index (κ1) is 10.5. The molecule has 1 amide bonds. The van der Waals surface area contributed by atoms with E-state index in [9.17, 15) is 4.79 Å². The van der Waals surface area contributed by atoms with Gasteiger partial charge >= 0.3 is 0 Å². The first-order valence-corrected chi connectivity index (χ1v) is 4.68. The van der Waals surface area contributed by atoms with Gasteiger partial charge in [-0.05, 0) is 13.0 Å². The van der Waals surface area contributed by atoms with Crippen LogP contribution in [-0.2, 0) is 9.53 Å². The summed E-state index contributed by atoms with van der Waals surface area (Å²) in [6, 6.07) is 1.81. The Balaban J connectivity index is 2.26. The molecule has 84 valence electrons. The van der Waals surface area contributed by atoms with Gasteiger partial charge in [-0.3, -0.25) is 10.1 Å². The molecule has 2 heterocycles. The first-order valence-electron chi connectivity index (χ1n) is 4.68. The average Bonchev–Trinajstić information content (AvgIpc) is 2.62. The van der Waals surface area contributed by atoms with Crippen LogP contribution in [0.3, 0.4) is 0 Å². The number of hydrogen-bond donors (Lipinski definition) is 1. The van der Waals surface area contributed by atoms with Gasteiger partial charge in [0.25, 0.3) is 17.6 Å². The van der Waals surface area contributed by atoms with E-state index in [0.29, 0.717) is 5.78 Å². The van der Waals surface area contributed by atoms with Crippen LogP contribution in [0.5, 0.6) is 0 Å². The number of hydrogen-bond acceptors (Lipinski definition) is 5. The van der Waals surface area contributed by atoms with Crippen molar-refractivity contribution >= 4 is 17.6 Å². The van der Waals surface area contributed by atoms with Gasteiger partial charge in [0.2, 0.25) is 0 Å². The highest BCUT2D eigenvalue weighted by atomic mass is 16.5. The third-order valence-electron chi connectivity index (χ3n) is 1.96. The third-order valence-corrected chi connectivity index (χ3v) is 1.96. The van der Waals surface area contributed by atoms with Crippen molar-refractivity contribution in [3.63, 3.8) is 0 Å². The van der Waals surface area contributed by atoms with Gasteiger partial charge in [-0.2, -0.15) is 9.50 Å². The number of nitrogens with one attached hydrogen (secondary N) is 1. The maximum Gasteiger partial charge on any atom is 0.254 e. The quantitative estimate of drug-likeness (QED) is 0.790. The number of carbonyl (C=O) groups is 1. The van der Waals surface area contributed by atoms with Gasteiger partial charge in [0.05, 0.1) is 0 Å². The molecule has 7 nitrogen and oxygen atoms in total. The Morgan fingerprint density at radius 3 is 3.12 bits per heavy atom. The molecule has 0 spiro atoms. The van der Waals surface area contributed by atoms with E-state index in [1.165, 1.54) is 7.11 Å². The fourth-order valence-corrected chi connectivity index (χ4v) is 1.25. The standard InChI is InChI=1S/C9H11N5O2/c1-6-3-4-10-9-12-8(13-14(6)9)11-7(15)5-16-2/h3-4H,5H2,1-2H3,(H,11,13,15). The number of carbonyl (C=O) groups excluding carboxylic acids is 1. The zero-order chi connectivity index (χ0) is 11.5. The molecule has 2 aromatic heterocycles. The van der Waals surface area contributed by atoms with Crippen molar-refractivity contribution in [1.82, 2.24) is 19.6 Å². The van der Waals surface area contributed by atoms with E-state index < -0.39 is 0 Å². The molecular formula is C9H11N5O2. The number of anilines is 1. The predicted molar refractivity (Wildman–Crippen MR) is 56.0 cm³/mol. The minimum Gasteiger partial charge on any atom is -0.375 e. The molecule has 0 bridgehead atoms. The molecule has 0 unspecified atom stereocenters. The maximum atomic E-state index is 11.2. The maximum absolute atomic E-state index is 11.2. The zero-order valence-electron chi connectivity index (χ0n) is 8.97. The van der Waals surface area contributed by atoms with Crippen molar-refractivity contribution in [2.45, 2.75) is 6.92 Å². The number of fused-ring (bicyclic) bond motifs is 1. The second kappa shape index (κ2) is 4.23. The van der Waals surface area contributed by atoms with E-state index >= 15 is 0 Å². The Morgan fingerprint density at radius 2 is 2.44 bits per heavy atom. The fourth-order valence-electron chi connectivity index (χ4n) is 1.25. The van der Waals surface area contributed by atoms with Crippen molar-refractivity contribution < 1.29 is 9.53 Å². The molecule has 0 saturated carbocycles. The third kappa shape index (κ3) is 1.98. The molecule has 1 N–H and O–H groups in total. The lowest BCUT2D eigenvalue weighted by atomic mass is 10.5. The predicted octanol–water partition coefficient (Wildman–Crippen LogP) is 0.0176. The van der Waals surface area contributed by atoms with Gasteiger partial charge < -0.3 is 4.74 Å². The zero-order valence-corrected chi connectivity index (χ0v) is 8.97. The van der Waals surface area contributed by atoms with Crippen LogP contribution in [0.1, 0.15) is 5.69 Å².